The minimum atomic E-state index is -0.566. The molecule has 3 unspecified atom stereocenters. The van der Waals surface area contributed by atoms with Crippen molar-refractivity contribution >= 4 is 45.0 Å². The van der Waals surface area contributed by atoms with E-state index in [4.69, 9.17) is 14.5 Å². The molecule has 42 heavy (non-hydrogen) atoms. The van der Waals surface area contributed by atoms with Gasteiger partial charge in [0, 0.05) is 30.0 Å². The van der Waals surface area contributed by atoms with E-state index >= 15 is 0 Å². The van der Waals surface area contributed by atoms with Gasteiger partial charge in [0.2, 0.25) is 0 Å². The quantitative estimate of drug-likeness (QED) is 0.153. The average Bonchev–Trinajstić information content (AvgIpc) is 3.47. The third-order valence-electron chi connectivity index (χ3n) is 7.02. The molecule has 214 valence electrons. The number of thiazole rings is 1. The number of para-hydroxylation sites is 1. The van der Waals surface area contributed by atoms with E-state index in [0.717, 1.165) is 37.9 Å². The molecule has 0 spiro atoms. The maximum atomic E-state index is 12.4. The Labute approximate surface area is 252 Å². The lowest BCUT2D eigenvalue weighted by Crippen LogP contribution is -2.31. The Kier molecular flexibility index (Phi) is 9.12. The first kappa shape index (κ1) is 28.4. The number of hydrogen-bond donors (Lipinski definition) is 3. The van der Waals surface area contributed by atoms with Crippen LogP contribution in [0, 0.1) is 0 Å². The normalized spacial score (nSPS) is 18.5. The number of amides is 2. The lowest BCUT2D eigenvalue weighted by molar-refractivity contribution is -0.245. The summed E-state index contributed by atoms with van der Waals surface area (Å²) in [5.41, 5.74) is 5.51. The van der Waals surface area contributed by atoms with Crippen LogP contribution in [0.15, 0.2) is 107 Å². The maximum absolute atomic E-state index is 12.4. The highest BCUT2D eigenvalue weighted by atomic mass is 32.2. The van der Waals surface area contributed by atoms with Crippen LogP contribution in [0.5, 0.6) is 0 Å². The molecular formula is C33H31N3O4S2. The van der Waals surface area contributed by atoms with Crippen molar-refractivity contribution in [2.45, 2.75) is 42.4 Å². The third-order valence-corrected chi connectivity index (χ3v) is 9.33. The number of aliphatic hydroxyl groups excluding tert-OH is 1. The summed E-state index contributed by atoms with van der Waals surface area (Å²) in [5.74, 6) is 0.742. The number of ether oxygens (including phenoxy) is 2. The maximum Gasteiger partial charge on any atom is 0.319 e. The van der Waals surface area contributed by atoms with Crippen molar-refractivity contribution in [3.63, 3.8) is 0 Å². The van der Waals surface area contributed by atoms with Gasteiger partial charge in [-0.2, -0.15) is 0 Å². The van der Waals surface area contributed by atoms with E-state index < -0.39 is 6.29 Å². The molecule has 2 amide bonds. The van der Waals surface area contributed by atoms with Crippen LogP contribution >= 0.6 is 23.1 Å². The number of nitrogens with one attached hydrogen (secondary N) is 2. The van der Waals surface area contributed by atoms with Gasteiger partial charge in [-0.15, -0.1) is 11.3 Å². The molecule has 7 nitrogen and oxygen atoms in total. The SMILES string of the molecule is O=C(NCc1ccccc1)Nc1ccc(C2OC(CSc3nc4ccccc4s3)CC(c3ccc(CO)cc3)O2)cc1. The van der Waals surface area contributed by atoms with E-state index in [1.54, 1.807) is 23.1 Å². The summed E-state index contributed by atoms with van der Waals surface area (Å²) in [5, 5.41) is 15.2. The van der Waals surface area contributed by atoms with Crippen LogP contribution < -0.4 is 10.6 Å². The van der Waals surface area contributed by atoms with Gasteiger partial charge in [0.05, 0.1) is 29.0 Å². The molecule has 0 aliphatic carbocycles. The number of hydrogen-bond acceptors (Lipinski definition) is 7. The molecule has 1 saturated heterocycles. The largest absolute Gasteiger partial charge is 0.392 e. The van der Waals surface area contributed by atoms with Crippen molar-refractivity contribution in [3.8, 4) is 0 Å². The molecule has 1 aromatic heterocycles. The second-order valence-electron chi connectivity index (χ2n) is 10.0. The molecule has 1 aliphatic rings. The fourth-order valence-electron chi connectivity index (χ4n) is 4.78. The smallest absolute Gasteiger partial charge is 0.319 e. The number of fused-ring (bicyclic) bond motifs is 1. The first-order valence-electron chi connectivity index (χ1n) is 13.8. The first-order valence-corrected chi connectivity index (χ1v) is 15.6. The van der Waals surface area contributed by atoms with E-state index in [1.807, 2.05) is 97.1 Å². The second kappa shape index (κ2) is 13.5. The second-order valence-corrected chi connectivity index (χ2v) is 12.3. The van der Waals surface area contributed by atoms with Gasteiger partial charge in [-0.05, 0) is 41.0 Å². The topological polar surface area (TPSA) is 92.7 Å². The van der Waals surface area contributed by atoms with Crippen LogP contribution in [-0.2, 0) is 22.6 Å². The van der Waals surface area contributed by atoms with Gasteiger partial charge in [0.1, 0.15) is 0 Å². The van der Waals surface area contributed by atoms with E-state index in [9.17, 15) is 9.90 Å². The molecule has 3 N–H and O–H groups in total. The molecule has 6 rings (SSSR count). The number of carbonyl (C=O) groups is 1. The fraction of sp³-hybridized carbons (Fsp3) is 0.212. The number of thioether (sulfide) groups is 1. The number of carbonyl (C=O) groups excluding carboxylic acids is 1. The summed E-state index contributed by atoms with van der Waals surface area (Å²) in [7, 11) is 0. The summed E-state index contributed by atoms with van der Waals surface area (Å²) < 4.78 is 15.1. The first-order chi connectivity index (χ1) is 20.6. The fourth-order valence-corrected chi connectivity index (χ4v) is 6.89. The Hall–Kier alpha value is -3.73. The molecule has 0 bridgehead atoms. The molecule has 5 aromatic rings. The highest BCUT2D eigenvalue weighted by Gasteiger charge is 2.32. The lowest BCUT2D eigenvalue weighted by Gasteiger charge is -2.36. The van der Waals surface area contributed by atoms with Gasteiger partial charge in [-0.3, -0.25) is 0 Å². The van der Waals surface area contributed by atoms with E-state index in [-0.39, 0.29) is 24.8 Å². The molecule has 1 aliphatic heterocycles. The Morgan fingerprint density at radius 2 is 1.62 bits per heavy atom. The highest BCUT2D eigenvalue weighted by molar-refractivity contribution is 8.01. The van der Waals surface area contributed by atoms with Crippen molar-refractivity contribution in [3.05, 3.63) is 125 Å². The third kappa shape index (κ3) is 7.18. The molecule has 3 atom stereocenters. The molecule has 1 fully saturated rings. The average molecular weight is 598 g/mol. The summed E-state index contributed by atoms with van der Waals surface area (Å²) in [6.07, 6.45) is -0.0965. The van der Waals surface area contributed by atoms with Crippen LogP contribution in [-0.4, -0.2) is 28.0 Å². The zero-order chi connectivity index (χ0) is 28.7. The van der Waals surface area contributed by atoms with Gasteiger partial charge in [-0.1, -0.05) is 90.6 Å². The number of aliphatic hydroxyl groups is 1. The Morgan fingerprint density at radius 1 is 0.881 bits per heavy atom. The minimum absolute atomic E-state index is 0.00361. The predicted octanol–water partition coefficient (Wildman–Crippen LogP) is 7.45. The van der Waals surface area contributed by atoms with Gasteiger partial charge >= 0.3 is 6.03 Å². The van der Waals surface area contributed by atoms with Crippen molar-refractivity contribution in [1.82, 2.24) is 10.3 Å². The van der Waals surface area contributed by atoms with Gasteiger partial charge in [-0.25, -0.2) is 9.78 Å². The number of urea groups is 1. The number of benzene rings is 4. The van der Waals surface area contributed by atoms with Crippen LogP contribution in [0.1, 0.15) is 41.1 Å². The predicted molar refractivity (Wildman–Crippen MR) is 168 cm³/mol. The van der Waals surface area contributed by atoms with Crippen LogP contribution in [0.3, 0.4) is 0 Å². The molecule has 0 radical (unpaired) electrons. The summed E-state index contributed by atoms with van der Waals surface area (Å²) in [4.78, 5) is 17.2. The Bertz CT molecular complexity index is 1580. The van der Waals surface area contributed by atoms with Crippen LogP contribution in [0.25, 0.3) is 10.2 Å². The van der Waals surface area contributed by atoms with Crippen LogP contribution in [0.4, 0.5) is 10.5 Å². The number of nitrogens with zero attached hydrogens (tertiary/aromatic N) is 1. The zero-order valence-corrected chi connectivity index (χ0v) is 24.4. The summed E-state index contributed by atoms with van der Waals surface area (Å²) in [6, 6.07) is 33.1. The summed E-state index contributed by atoms with van der Waals surface area (Å²) in [6.45, 7) is 0.454. The van der Waals surface area contributed by atoms with Crippen molar-refractivity contribution in [1.29, 1.82) is 0 Å². The zero-order valence-electron chi connectivity index (χ0n) is 22.8. The van der Waals surface area contributed by atoms with Gasteiger partial charge in [0.25, 0.3) is 0 Å². The molecular weight excluding hydrogens is 567 g/mol. The number of aromatic nitrogens is 1. The molecule has 9 heteroatoms. The number of anilines is 1. The Balaban J connectivity index is 1.13. The van der Waals surface area contributed by atoms with Crippen molar-refractivity contribution in [2.24, 2.45) is 0 Å². The van der Waals surface area contributed by atoms with Crippen molar-refractivity contribution < 1.29 is 19.4 Å². The van der Waals surface area contributed by atoms with Crippen LogP contribution in [0.2, 0.25) is 0 Å². The van der Waals surface area contributed by atoms with Gasteiger partial charge < -0.3 is 25.2 Å². The molecule has 0 saturated carbocycles. The lowest BCUT2D eigenvalue weighted by atomic mass is 10.0. The van der Waals surface area contributed by atoms with E-state index in [2.05, 4.69) is 16.7 Å². The van der Waals surface area contributed by atoms with Crippen molar-refractivity contribution in [2.75, 3.05) is 11.1 Å². The van der Waals surface area contributed by atoms with E-state index in [0.29, 0.717) is 18.7 Å². The Morgan fingerprint density at radius 3 is 2.38 bits per heavy atom. The molecule has 2 heterocycles. The minimum Gasteiger partial charge on any atom is -0.392 e. The van der Waals surface area contributed by atoms with E-state index in [1.165, 1.54) is 4.70 Å². The standard InChI is InChI=1S/C33H31N3O4S2/c37-20-23-10-12-24(13-11-23)29-18-27(21-41-33-36-28-8-4-5-9-30(28)42-33)39-31(40-29)25-14-16-26(17-15-25)35-32(38)34-19-22-6-2-1-3-7-22/h1-17,27,29,31,37H,18-21H2,(H2,34,35,38). The number of rotatable bonds is 9. The monoisotopic (exact) mass is 597 g/mol. The molecule has 4 aromatic carbocycles. The highest BCUT2D eigenvalue weighted by Crippen LogP contribution is 2.40. The van der Waals surface area contributed by atoms with Gasteiger partial charge in [0.15, 0.2) is 10.6 Å². The summed E-state index contributed by atoms with van der Waals surface area (Å²) >= 11 is 3.40.